The van der Waals surface area contributed by atoms with Crippen molar-refractivity contribution in [2.75, 3.05) is 6.54 Å². The van der Waals surface area contributed by atoms with E-state index in [9.17, 15) is 0 Å². The second-order valence-corrected chi connectivity index (χ2v) is 7.05. The monoisotopic (exact) mass is 281 g/mol. The van der Waals surface area contributed by atoms with E-state index < -0.39 is 0 Å². The zero-order valence-corrected chi connectivity index (χ0v) is 13.9. The van der Waals surface area contributed by atoms with Crippen LogP contribution in [-0.2, 0) is 0 Å². The fourth-order valence-electron chi connectivity index (χ4n) is 2.37. The molecular weight excluding hydrogens is 254 g/mol. The lowest BCUT2D eigenvalue weighted by molar-refractivity contribution is 0.437. The van der Waals surface area contributed by atoms with Crippen molar-refractivity contribution in [2.45, 2.75) is 40.2 Å². The molecule has 0 heterocycles. The summed E-state index contributed by atoms with van der Waals surface area (Å²) in [6.07, 6.45) is 2.35. The molecule has 2 aromatic carbocycles. The lowest BCUT2D eigenvalue weighted by Crippen LogP contribution is -2.37. The van der Waals surface area contributed by atoms with Crippen molar-refractivity contribution < 1.29 is 0 Å². The molecule has 1 heteroatoms. The van der Waals surface area contributed by atoms with Gasteiger partial charge in [0.15, 0.2) is 0 Å². The summed E-state index contributed by atoms with van der Waals surface area (Å²) >= 11 is 0. The zero-order valence-electron chi connectivity index (χ0n) is 13.9. The number of fused-ring (bicyclic) bond motifs is 1. The highest BCUT2D eigenvalue weighted by molar-refractivity contribution is 5.90. The summed E-state index contributed by atoms with van der Waals surface area (Å²) in [6, 6.07) is 15.1. The van der Waals surface area contributed by atoms with Gasteiger partial charge in [-0.05, 0) is 43.0 Å². The molecule has 0 unspecified atom stereocenters. The fourth-order valence-corrected chi connectivity index (χ4v) is 2.37. The zero-order chi connectivity index (χ0) is 15.5. The molecule has 0 amide bonds. The molecule has 0 saturated carbocycles. The Balaban J connectivity index is 2.36. The molecule has 1 N–H and O–H groups in total. The lowest BCUT2D eigenvalue weighted by Gasteiger charge is -2.23. The first-order chi connectivity index (χ1) is 9.87. The summed E-state index contributed by atoms with van der Waals surface area (Å²) < 4.78 is 0. The number of hydrogen-bond donors (Lipinski definition) is 1. The molecule has 0 radical (unpaired) electrons. The van der Waals surface area contributed by atoms with E-state index in [2.05, 4.69) is 88.5 Å². The molecule has 0 fully saturated rings. The summed E-state index contributed by atoms with van der Waals surface area (Å²) in [4.78, 5) is 0. The maximum atomic E-state index is 3.60. The van der Waals surface area contributed by atoms with E-state index in [0.717, 1.165) is 6.54 Å². The summed E-state index contributed by atoms with van der Waals surface area (Å²) in [6.45, 7) is 12.1. The third kappa shape index (κ3) is 4.44. The maximum Gasteiger partial charge on any atom is 0.0175 e. The average molecular weight is 281 g/mol. The van der Waals surface area contributed by atoms with Crippen LogP contribution in [0.15, 0.2) is 48.0 Å². The van der Waals surface area contributed by atoms with Gasteiger partial charge in [-0.2, -0.15) is 0 Å². The smallest absolute Gasteiger partial charge is 0.0175 e. The molecule has 112 valence electrons. The Morgan fingerprint density at radius 3 is 2.38 bits per heavy atom. The maximum absolute atomic E-state index is 3.60. The Bertz CT molecular complexity index is 624. The summed E-state index contributed by atoms with van der Waals surface area (Å²) in [5.74, 6) is 0.541. The summed E-state index contributed by atoms with van der Waals surface area (Å²) in [7, 11) is 0. The van der Waals surface area contributed by atoms with Gasteiger partial charge >= 0.3 is 0 Å². The van der Waals surface area contributed by atoms with Crippen LogP contribution in [0, 0.1) is 5.92 Å². The molecule has 0 spiro atoms. The number of nitrogens with one attached hydrogen (secondary N) is 1. The van der Waals surface area contributed by atoms with Crippen LogP contribution in [0.5, 0.6) is 0 Å². The Kier molecular flexibility index (Phi) is 4.84. The largest absolute Gasteiger partial charge is 0.308 e. The van der Waals surface area contributed by atoms with E-state index in [0.29, 0.717) is 5.92 Å². The molecule has 0 aliphatic carbocycles. The van der Waals surface area contributed by atoms with E-state index in [1.165, 1.54) is 21.9 Å². The minimum absolute atomic E-state index is 0.146. The van der Waals surface area contributed by atoms with Crippen molar-refractivity contribution in [2.24, 2.45) is 5.92 Å². The Morgan fingerprint density at radius 1 is 1.05 bits per heavy atom. The van der Waals surface area contributed by atoms with Gasteiger partial charge < -0.3 is 5.32 Å². The predicted octanol–water partition coefficient (Wildman–Crippen LogP) is 5.27. The molecular formula is C20H27N. The topological polar surface area (TPSA) is 12.0 Å². The van der Waals surface area contributed by atoms with Crippen molar-refractivity contribution in [1.29, 1.82) is 0 Å². The van der Waals surface area contributed by atoms with Crippen molar-refractivity contribution in [3.8, 4) is 0 Å². The first-order valence-corrected chi connectivity index (χ1v) is 7.80. The Labute approximate surface area is 129 Å². The first-order valence-electron chi connectivity index (χ1n) is 7.80. The third-order valence-electron chi connectivity index (χ3n) is 3.73. The van der Waals surface area contributed by atoms with Gasteiger partial charge in [0, 0.05) is 12.1 Å². The lowest BCUT2D eigenvalue weighted by atomic mass is 9.96. The molecule has 0 aliphatic rings. The van der Waals surface area contributed by atoms with Crippen LogP contribution in [0.1, 0.15) is 40.2 Å². The van der Waals surface area contributed by atoms with Crippen LogP contribution >= 0.6 is 0 Å². The summed E-state index contributed by atoms with van der Waals surface area (Å²) in [5, 5.41) is 6.23. The first kappa shape index (κ1) is 15.8. The predicted molar refractivity (Wildman–Crippen MR) is 94.5 cm³/mol. The minimum atomic E-state index is 0.146. The molecule has 21 heavy (non-hydrogen) atoms. The second-order valence-electron chi connectivity index (χ2n) is 7.05. The SMILES string of the molecule is CC(C)C(=Cc1cccc2ccccc12)CNC(C)(C)C. The second kappa shape index (κ2) is 6.44. The van der Waals surface area contributed by atoms with Crippen LogP contribution in [0.3, 0.4) is 0 Å². The van der Waals surface area contributed by atoms with E-state index in [1.54, 1.807) is 0 Å². The molecule has 1 nitrogen and oxygen atoms in total. The van der Waals surface area contributed by atoms with E-state index >= 15 is 0 Å². The normalized spacial score (nSPS) is 13.1. The van der Waals surface area contributed by atoms with E-state index in [1.807, 2.05) is 0 Å². The quantitative estimate of drug-likeness (QED) is 0.805. The Hall–Kier alpha value is -1.60. The van der Waals surface area contributed by atoms with Gasteiger partial charge in [0.25, 0.3) is 0 Å². The number of hydrogen-bond acceptors (Lipinski definition) is 1. The van der Waals surface area contributed by atoms with Crippen LogP contribution in [0.25, 0.3) is 16.8 Å². The van der Waals surface area contributed by atoms with Crippen LogP contribution in [-0.4, -0.2) is 12.1 Å². The highest BCUT2D eigenvalue weighted by atomic mass is 14.9. The highest BCUT2D eigenvalue weighted by Gasteiger charge is 2.11. The highest BCUT2D eigenvalue weighted by Crippen LogP contribution is 2.23. The van der Waals surface area contributed by atoms with Crippen molar-refractivity contribution in [1.82, 2.24) is 5.32 Å². The van der Waals surface area contributed by atoms with Crippen molar-refractivity contribution >= 4 is 16.8 Å². The van der Waals surface area contributed by atoms with Gasteiger partial charge in [0.05, 0.1) is 0 Å². The molecule has 0 atom stereocenters. The average Bonchev–Trinajstić information content (AvgIpc) is 2.42. The molecule has 2 rings (SSSR count). The fraction of sp³-hybridized carbons (Fsp3) is 0.400. The third-order valence-corrected chi connectivity index (χ3v) is 3.73. The molecule has 0 aliphatic heterocycles. The van der Waals surface area contributed by atoms with Gasteiger partial charge in [-0.15, -0.1) is 0 Å². The van der Waals surface area contributed by atoms with Gasteiger partial charge in [0.1, 0.15) is 0 Å². The molecule has 0 aromatic heterocycles. The molecule has 0 bridgehead atoms. The number of rotatable bonds is 4. The minimum Gasteiger partial charge on any atom is -0.308 e. The van der Waals surface area contributed by atoms with Crippen LogP contribution < -0.4 is 5.32 Å². The van der Waals surface area contributed by atoms with E-state index in [4.69, 9.17) is 0 Å². The van der Waals surface area contributed by atoms with Gasteiger partial charge in [-0.1, -0.05) is 68.0 Å². The van der Waals surface area contributed by atoms with E-state index in [-0.39, 0.29) is 5.54 Å². The van der Waals surface area contributed by atoms with Gasteiger partial charge in [-0.25, -0.2) is 0 Å². The van der Waals surface area contributed by atoms with Gasteiger partial charge in [-0.3, -0.25) is 0 Å². The number of benzene rings is 2. The van der Waals surface area contributed by atoms with Crippen LogP contribution in [0.4, 0.5) is 0 Å². The van der Waals surface area contributed by atoms with Crippen molar-refractivity contribution in [3.05, 3.63) is 53.6 Å². The standard InChI is InChI=1S/C20H27N/c1-15(2)18(14-21-20(3,4)5)13-17-11-8-10-16-9-6-7-12-19(16)17/h6-13,15,21H,14H2,1-5H3. The van der Waals surface area contributed by atoms with Crippen molar-refractivity contribution in [3.63, 3.8) is 0 Å². The van der Waals surface area contributed by atoms with Crippen LogP contribution in [0.2, 0.25) is 0 Å². The van der Waals surface area contributed by atoms with Gasteiger partial charge in [0.2, 0.25) is 0 Å². The molecule has 0 saturated heterocycles. The molecule has 2 aromatic rings. The summed E-state index contributed by atoms with van der Waals surface area (Å²) in [5.41, 5.74) is 2.90. The Morgan fingerprint density at radius 2 is 1.71 bits per heavy atom.